The quantitative estimate of drug-likeness (QED) is 0.172. The zero-order chi connectivity index (χ0) is 46.4. The minimum Gasteiger partial charge on any atom is -0.456 e. The van der Waals surface area contributed by atoms with E-state index in [0.717, 1.165) is 83.2 Å². The molecule has 4 heteroatoms. The Labute approximate surface area is 412 Å². The Morgan fingerprint density at radius 3 is 1.75 bits per heavy atom. The van der Waals surface area contributed by atoms with Crippen molar-refractivity contribution >= 4 is 92.4 Å². The summed E-state index contributed by atoms with van der Waals surface area (Å²) in [5.74, 6) is 0. The minimum absolute atomic E-state index is 0.486. The van der Waals surface area contributed by atoms with Crippen LogP contribution in [0.3, 0.4) is 0 Å². The number of benzene rings is 11. The third kappa shape index (κ3) is 5.26. The molecular formula is C67H39NO2S. The normalized spacial score (nSPS) is 13.2. The lowest BCUT2D eigenvalue weighted by Gasteiger charge is -2.30. The maximum absolute atomic E-state index is 7.42. The number of thiophene rings is 1. The molecule has 0 fully saturated rings. The topological polar surface area (TPSA) is 29.5 Å². The summed E-state index contributed by atoms with van der Waals surface area (Å²) in [4.78, 5) is 2.43. The number of furan rings is 2. The molecule has 11 aromatic carbocycles. The van der Waals surface area contributed by atoms with Crippen molar-refractivity contribution in [3.63, 3.8) is 0 Å². The summed E-state index contributed by atoms with van der Waals surface area (Å²) in [5.41, 5.74) is 20.9. The number of nitrogens with zero attached hydrogens (tertiary/aromatic N) is 1. The van der Waals surface area contributed by atoms with Gasteiger partial charge in [0.1, 0.15) is 22.3 Å². The van der Waals surface area contributed by atoms with E-state index in [2.05, 4.69) is 241 Å². The predicted molar refractivity (Wildman–Crippen MR) is 296 cm³/mol. The molecule has 16 rings (SSSR count). The van der Waals surface area contributed by atoms with E-state index < -0.39 is 5.41 Å². The highest BCUT2D eigenvalue weighted by atomic mass is 32.1. The van der Waals surface area contributed by atoms with Gasteiger partial charge in [-0.2, -0.15) is 0 Å². The molecular weight excluding hydrogens is 883 g/mol. The van der Waals surface area contributed by atoms with Gasteiger partial charge in [0.05, 0.1) is 21.5 Å². The van der Waals surface area contributed by atoms with Gasteiger partial charge in [-0.05, 0) is 104 Å². The summed E-state index contributed by atoms with van der Waals surface area (Å²) in [6.07, 6.45) is 0. The van der Waals surface area contributed by atoms with E-state index in [1.54, 1.807) is 0 Å². The van der Waals surface area contributed by atoms with Gasteiger partial charge in [-0.1, -0.05) is 182 Å². The molecule has 3 nitrogen and oxygen atoms in total. The van der Waals surface area contributed by atoms with Crippen LogP contribution in [0.1, 0.15) is 22.3 Å². The van der Waals surface area contributed by atoms with Crippen molar-refractivity contribution < 1.29 is 8.83 Å². The molecule has 3 heterocycles. The van der Waals surface area contributed by atoms with Crippen molar-refractivity contribution in [1.82, 2.24) is 0 Å². The fraction of sp³-hybridized carbons (Fsp3) is 0.0149. The molecule has 0 radical (unpaired) electrons. The van der Waals surface area contributed by atoms with Gasteiger partial charge in [0.15, 0.2) is 0 Å². The molecule has 0 saturated carbocycles. The molecule has 330 valence electrons. The summed E-state index contributed by atoms with van der Waals surface area (Å²) >= 11 is 1.85. The van der Waals surface area contributed by atoms with E-state index in [1.165, 1.54) is 64.7 Å². The van der Waals surface area contributed by atoms with E-state index >= 15 is 0 Å². The van der Waals surface area contributed by atoms with Crippen LogP contribution in [0, 0.1) is 0 Å². The van der Waals surface area contributed by atoms with Crippen LogP contribution in [0.5, 0.6) is 0 Å². The summed E-state index contributed by atoms with van der Waals surface area (Å²) < 4.78 is 16.7. The summed E-state index contributed by atoms with van der Waals surface area (Å²) in [5, 5.41) is 6.69. The van der Waals surface area contributed by atoms with Crippen LogP contribution in [0.4, 0.5) is 17.1 Å². The third-order valence-corrected chi connectivity index (χ3v) is 16.7. The van der Waals surface area contributed by atoms with Gasteiger partial charge in [-0.15, -0.1) is 11.3 Å². The van der Waals surface area contributed by atoms with E-state index in [0.29, 0.717) is 0 Å². The highest BCUT2D eigenvalue weighted by Crippen LogP contribution is 2.63. The SMILES string of the molecule is c1ccc(-c2ccccc2N(c2ccc3c(c2)oc2c(-c4ccc5c(c4)C4(c6ccccc6-c6ccccc64)c4ccccc4-5)c4c(cc23)oc2ccccc24)c2cccc3c2sc2ccccc23)cc1. The molecule has 0 saturated heterocycles. The zero-order valence-corrected chi connectivity index (χ0v) is 39.0. The second-order valence-corrected chi connectivity index (χ2v) is 20.1. The van der Waals surface area contributed by atoms with Crippen LogP contribution in [0.25, 0.3) is 109 Å². The van der Waals surface area contributed by atoms with Gasteiger partial charge < -0.3 is 13.7 Å². The van der Waals surface area contributed by atoms with Crippen LogP contribution in [-0.2, 0) is 5.41 Å². The van der Waals surface area contributed by atoms with Gasteiger partial charge in [0, 0.05) is 59.9 Å². The zero-order valence-electron chi connectivity index (χ0n) is 38.2. The number of hydrogen-bond donors (Lipinski definition) is 0. The van der Waals surface area contributed by atoms with Gasteiger partial charge in [-0.25, -0.2) is 0 Å². The first-order valence-corrected chi connectivity index (χ1v) is 25.1. The number of rotatable bonds is 5. The molecule has 0 aliphatic heterocycles. The van der Waals surface area contributed by atoms with Crippen molar-refractivity contribution in [2.24, 2.45) is 0 Å². The lowest BCUT2D eigenvalue weighted by atomic mass is 9.70. The smallest absolute Gasteiger partial charge is 0.144 e. The predicted octanol–water partition coefficient (Wildman–Crippen LogP) is 19.0. The molecule has 0 amide bonds. The molecule has 71 heavy (non-hydrogen) atoms. The van der Waals surface area contributed by atoms with E-state index in [4.69, 9.17) is 8.83 Å². The standard InChI is InChI=1S/C67H39NO2S/c1-2-17-40(18-3-1)43-19-7-13-29-57(43)68(58-30-16-25-50-49-23-9-15-32-62(49)71-66(50)58)42-34-36-48-52-39-61-64(51-24-8-14-31-59(51)69-61)63(65(52)70-60(48)38-42)41-33-35-47-46-22-6-12-28-55(46)67(56(47)37-41)53-26-10-4-20-44(53)45-21-5-11-27-54(45)67/h1-39H. The van der Waals surface area contributed by atoms with Gasteiger partial charge in [0.2, 0.25) is 0 Å². The van der Waals surface area contributed by atoms with Gasteiger partial charge in [-0.3, -0.25) is 0 Å². The Morgan fingerprint density at radius 1 is 0.352 bits per heavy atom. The molecule has 0 N–H and O–H groups in total. The number of fused-ring (bicyclic) bond motifs is 19. The second-order valence-electron chi connectivity index (χ2n) is 19.0. The van der Waals surface area contributed by atoms with Crippen molar-refractivity contribution in [3.8, 4) is 44.5 Å². The number of para-hydroxylation sites is 2. The fourth-order valence-corrected chi connectivity index (χ4v) is 13.8. The average molecular weight is 922 g/mol. The van der Waals surface area contributed by atoms with Crippen LogP contribution >= 0.6 is 11.3 Å². The number of anilines is 3. The Morgan fingerprint density at radius 2 is 0.972 bits per heavy atom. The second kappa shape index (κ2) is 14.5. The van der Waals surface area contributed by atoms with Crippen molar-refractivity contribution in [3.05, 3.63) is 259 Å². The lowest BCUT2D eigenvalue weighted by molar-refractivity contribution is 0.664. The largest absolute Gasteiger partial charge is 0.456 e. The minimum atomic E-state index is -0.486. The molecule has 1 spiro atoms. The van der Waals surface area contributed by atoms with E-state index in [-0.39, 0.29) is 0 Å². The van der Waals surface area contributed by atoms with Crippen molar-refractivity contribution in [2.75, 3.05) is 4.90 Å². The molecule has 3 aromatic heterocycles. The maximum atomic E-state index is 7.42. The Balaban J connectivity index is 0.965. The van der Waals surface area contributed by atoms with Crippen molar-refractivity contribution in [1.29, 1.82) is 0 Å². The molecule has 14 aromatic rings. The molecule has 2 aliphatic rings. The first-order valence-electron chi connectivity index (χ1n) is 24.3. The highest BCUT2D eigenvalue weighted by Gasteiger charge is 2.51. The van der Waals surface area contributed by atoms with Gasteiger partial charge in [0.25, 0.3) is 0 Å². The maximum Gasteiger partial charge on any atom is 0.144 e. The molecule has 0 unspecified atom stereocenters. The molecule has 0 bridgehead atoms. The van der Waals surface area contributed by atoms with E-state index in [9.17, 15) is 0 Å². The van der Waals surface area contributed by atoms with Gasteiger partial charge >= 0.3 is 0 Å². The molecule has 0 atom stereocenters. The summed E-state index contributed by atoms with van der Waals surface area (Å²) in [7, 11) is 0. The third-order valence-electron chi connectivity index (χ3n) is 15.5. The first-order chi connectivity index (χ1) is 35.2. The average Bonchev–Trinajstić information content (AvgIpc) is 4.24. The van der Waals surface area contributed by atoms with E-state index in [1.807, 2.05) is 11.3 Å². The summed E-state index contributed by atoms with van der Waals surface area (Å²) in [6, 6.07) is 86.5. The Hall–Kier alpha value is -8.96. The fourth-order valence-electron chi connectivity index (χ4n) is 12.6. The lowest BCUT2D eigenvalue weighted by Crippen LogP contribution is -2.25. The first kappa shape index (κ1) is 38.9. The van der Waals surface area contributed by atoms with Crippen LogP contribution in [-0.4, -0.2) is 0 Å². The van der Waals surface area contributed by atoms with Crippen LogP contribution < -0.4 is 4.90 Å². The Kier molecular flexibility index (Phi) is 7.97. The van der Waals surface area contributed by atoms with Crippen LogP contribution in [0.15, 0.2) is 245 Å². The van der Waals surface area contributed by atoms with Crippen molar-refractivity contribution in [2.45, 2.75) is 5.41 Å². The number of hydrogen-bond acceptors (Lipinski definition) is 4. The monoisotopic (exact) mass is 921 g/mol. The molecule has 2 aliphatic carbocycles. The highest BCUT2D eigenvalue weighted by molar-refractivity contribution is 7.26. The summed E-state index contributed by atoms with van der Waals surface area (Å²) in [6.45, 7) is 0. The Bertz CT molecular complexity index is 4490. The van der Waals surface area contributed by atoms with Crippen LogP contribution in [0.2, 0.25) is 0 Å².